The van der Waals surface area contributed by atoms with Crippen LogP contribution in [0.2, 0.25) is 0 Å². The number of fused-ring (bicyclic) bond motifs is 1. The highest BCUT2D eigenvalue weighted by Gasteiger charge is 2.32. The second-order valence-electron chi connectivity index (χ2n) is 5.92. The van der Waals surface area contributed by atoms with Gasteiger partial charge < -0.3 is 15.8 Å². The molecule has 0 fully saturated rings. The predicted octanol–water partition coefficient (Wildman–Crippen LogP) is 0.654. The first-order chi connectivity index (χ1) is 9.78. The number of hydrogen-bond acceptors (Lipinski definition) is 4. The van der Waals surface area contributed by atoms with Gasteiger partial charge >= 0.3 is 0 Å². The Labute approximate surface area is 124 Å². The van der Waals surface area contributed by atoms with Crippen LogP contribution in [0.1, 0.15) is 20.8 Å². The van der Waals surface area contributed by atoms with E-state index < -0.39 is 11.6 Å². The van der Waals surface area contributed by atoms with Crippen molar-refractivity contribution in [1.82, 2.24) is 5.32 Å². The summed E-state index contributed by atoms with van der Waals surface area (Å²) in [4.78, 5) is 25.7. The Morgan fingerprint density at radius 1 is 1.43 bits per heavy atom. The van der Waals surface area contributed by atoms with Crippen LogP contribution in [0.25, 0.3) is 0 Å². The molecule has 3 N–H and O–H groups in total. The van der Waals surface area contributed by atoms with Crippen LogP contribution in [0, 0.1) is 0 Å². The van der Waals surface area contributed by atoms with Gasteiger partial charge in [-0.25, -0.2) is 0 Å². The topological polar surface area (TPSA) is 84.7 Å². The van der Waals surface area contributed by atoms with E-state index in [-0.39, 0.29) is 18.4 Å². The number of nitrogens with one attached hydrogen (secondary N) is 1. The molecule has 0 saturated carbocycles. The van der Waals surface area contributed by atoms with E-state index in [4.69, 9.17) is 10.5 Å². The number of rotatable bonds is 4. The lowest BCUT2D eigenvalue weighted by Gasteiger charge is -2.32. The molecule has 1 aromatic carbocycles. The van der Waals surface area contributed by atoms with Crippen molar-refractivity contribution >= 4 is 17.5 Å². The number of carbonyl (C=O) groups excluding carboxylic acids is 2. The second kappa shape index (κ2) is 5.73. The molecule has 6 heteroatoms. The van der Waals surface area contributed by atoms with Gasteiger partial charge in [0.05, 0.1) is 5.69 Å². The molecule has 2 amide bonds. The Morgan fingerprint density at radius 3 is 2.76 bits per heavy atom. The van der Waals surface area contributed by atoms with Gasteiger partial charge in [0.1, 0.15) is 12.3 Å². The van der Waals surface area contributed by atoms with E-state index in [1.165, 1.54) is 4.90 Å². The second-order valence-corrected chi connectivity index (χ2v) is 5.92. The Bertz CT molecular complexity index is 551. The average Bonchev–Trinajstić information content (AvgIpc) is 2.41. The monoisotopic (exact) mass is 291 g/mol. The van der Waals surface area contributed by atoms with Crippen LogP contribution in [0.3, 0.4) is 0 Å². The number of benzene rings is 1. The molecule has 0 saturated heterocycles. The van der Waals surface area contributed by atoms with E-state index in [2.05, 4.69) is 5.32 Å². The zero-order valence-corrected chi connectivity index (χ0v) is 12.6. The summed E-state index contributed by atoms with van der Waals surface area (Å²) in [5, 5.41) is 2.74. The lowest BCUT2D eigenvalue weighted by atomic mass is 10.1. The summed E-state index contributed by atoms with van der Waals surface area (Å²) in [5.74, 6) is 0.137. The third-order valence-electron chi connectivity index (χ3n) is 3.12. The molecule has 114 valence electrons. The maximum absolute atomic E-state index is 12.2. The van der Waals surface area contributed by atoms with Crippen molar-refractivity contribution in [2.75, 3.05) is 18.0 Å². The van der Waals surface area contributed by atoms with Crippen molar-refractivity contribution in [1.29, 1.82) is 0 Å². The standard InChI is InChI=1S/C15H21N3O3/c1-10-14(20)18(8-13(19)17-9-15(2,3)16)11-6-4-5-7-12(11)21-10/h4-7,10H,8-9,16H2,1-3H3,(H,17,19). The maximum atomic E-state index is 12.2. The van der Waals surface area contributed by atoms with Crippen LogP contribution in [0.15, 0.2) is 24.3 Å². The van der Waals surface area contributed by atoms with E-state index in [0.29, 0.717) is 18.0 Å². The van der Waals surface area contributed by atoms with Crippen molar-refractivity contribution in [2.24, 2.45) is 5.73 Å². The normalized spacial score (nSPS) is 18.0. The number of nitrogens with zero attached hydrogens (tertiary/aromatic N) is 1. The molecule has 6 nitrogen and oxygen atoms in total. The fourth-order valence-corrected chi connectivity index (χ4v) is 2.05. The fourth-order valence-electron chi connectivity index (χ4n) is 2.05. The number of anilines is 1. The van der Waals surface area contributed by atoms with Crippen LogP contribution in [0.4, 0.5) is 5.69 Å². The van der Waals surface area contributed by atoms with Crippen molar-refractivity contribution < 1.29 is 14.3 Å². The van der Waals surface area contributed by atoms with Gasteiger partial charge in [-0.05, 0) is 32.9 Å². The van der Waals surface area contributed by atoms with Gasteiger partial charge in [-0.2, -0.15) is 0 Å². The van der Waals surface area contributed by atoms with Crippen LogP contribution >= 0.6 is 0 Å². The molecule has 0 bridgehead atoms. The summed E-state index contributed by atoms with van der Waals surface area (Å²) in [6.45, 7) is 5.63. The molecule has 1 aliphatic rings. The van der Waals surface area contributed by atoms with Gasteiger partial charge in [0.2, 0.25) is 5.91 Å². The minimum absolute atomic E-state index is 0.0420. The van der Waals surface area contributed by atoms with E-state index in [0.717, 1.165) is 0 Å². The van der Waals surface area contributed by atoms with Gasteiger partial charge in [0.25, 0.3) is 5.91 Å². The van der Waals surface area contributed by atoms with Crippen LogP contribution in [0.5, 0.6) is 5.75 Å². The van der Waals surface area contributed by atoms with Gasteiger partial charge in [-0.1, -0.05) is 12.1 Å². The molecule has 1 unspecified atom stereocenters. The summed E-state index contributed by atoms with van der Waals surface area (Å²) < 4.78 is 5.53. The molecular weight excluding hydrogens is 270 g/mol. The summed E-state index contributed by atoms with van der Waals surface area (Å²) in [5.41, 5.74) is 5.95. The highest BCUT2D eigenvalue weighted by molar-refractivity contribution is 6.03. The Kier molecular flexibility index (Phi) is 4.18. The predicted molar refractivity (Wildman–Crippen MR) is 80.2 cm³/mol. The smallest absolute Gasteiger partial charge is 0.268 e. The largest absolute Gasteiger partial charge is 0.479 e. The molecule has 0 spiro atoms. The highest BCUT2D eigenvalue weighted by Crippen LogP contribution is 2.33. The first kappa shape index (κ1) is 15.3. The molecule has 0 aliphatic carbocycles. The van der Waals surface area contributed by atoms with Crippen molar-refractivity contribution in [3.63, 3.8) is 0 Å². The fraction of sp³-hybridized carbons (Fsp3) is 0.467. The number of para-hydroxylation sites is 2. The molecule has 1 atom stereocenters. The molecule has 1 heterocycles. The van der Waals surface area contributed by atoms with Gasteiger partial charge in [-0.3, -0.25) is 14.5 Å². The molecule has 2 rings (SSSR count). The average molecular weight is 291 g/mol. The van der Waals surface area contributed by atoms with Gasteiger partial charge in [-0.15, -0.1) is 0 Å². The van der Waals surface area contributed by atoms with Crippen LogP contribution < -0.4 is 20.7 Å². The molecule has 0 radical (unpaired) electrons. The van der Waals surface area contributed by atoms with E-state index in [1.807, 2.05) is 19.9 Å². The minimum Gasteiger partial charge on any atom is -0.479 e. The zero-order valence-electron chi connectivity index (χ0n) is 12.6. The molecular formula is C15H21N3O3. The Balaban J connectivity index is 2.11. The molecule has 0 aromatic heterocycles. The van der Waals surface area contributed by atoms with E-state index in [1.54, 1.807) is 25.1 Å². The Morgan fingerprint density at radius 2 is 2.10 bits per heavy atom. The van der Waals surface area contributed by atoms with E-state index in [9.17, 15) is 9.59 Å². The maximum Gasteiger partial charge on any atom is 0.268 e. The third kappa shape index (κ3) is 3.72. The van der Waals surface area contributed by atoms with Crippen LogP contribution in [-0.2, 0) is 9.59 Å². The lowest BCUT2D eigenvalue weighted by molar-refractivity contribution is -0.128. The highest BCUT2D eigenvalue weighted by atomic mass is 16.5. The summed E-state index contributed by atoms with van der Waals surface area (Å²) in [6.07, 6.45) is -0.598. The molecule has 1 aromatic rings. The van der Waals surface area contributed by atoms with Crippen molar-refractivity contribution in [3.05, 3.63) is 24.3 Å². The quantitative estimate of drug-likeness (QED) is 0.853. The number of ether oxygens (including phenoxy) is 1. The molecule has 21 heavy (non-hydrogen) atoms. The van der Waals surface area contributed by atoms with Crippen molar-refractivity contribution in [2.45, 2.75) is 32.4 Å². The lowest BCUT2D eigenvalue weighted by Crippen LogP contribution is -2.51. The van der Waals surface area contributed by atoms with Crippen molar-refractivity contribution in [3.8, 4) is 5.75 Å². The first-order valence-corrected chi connectivity index (χ1v) is 6.90. The Hall–Kier alpha value is -2.08. The summed E-state index contributed by atoms with van der Waals surface area (Å²) in [7, 11) is 0. The zero-order chi connectivity index (χ0) is 15.6. The molecule has 1 aliphatic heterocycles. The van der Waals surface area contributed by atoms with Crippen LogP contribution in [-0.4, -0.2) is 36.5 Å². The first-order valence-electron chi connectivity index (χ1n) is 6.90. The number of hydrogen-bond donors (Lipinski definition) is 2. The SMILES string of the molecule is CC1Oc2ccccc2N(CC(=O)NCC(C)(C)N)C1=O. The minimum atomic E-state index is -0.598. The van der Waals surface area contributed by atoms with E-state index >= 15 is 0 Å². The number of amides is 2. The summed E-state index contributed by atoms with van der Waals surface area (Å²) in [6, 6.07) is 7.18. The summed E-state index contributed by atoms with van der Waals surface area (Å²) >= 11 is 0. The number of nitrogens with two attached hydrogens (primary N) is 1. The van der Waals surface area contributed by atoms with Gasteiger partial charge in [0.15, 0.2) is 6.10 Å². The number of carbonyl (C=O) groups is 2. The third-order valence-corrected chi connectivity index (χ3v) is 3.12. The van der Waals surface area contributed by atoms with Gasteiger partial charge in [0, 0.05) is 12.1 Å².